The Morgan fingerprint density at radius 2 is 2.00 bits per heavy atom. The zero-order chi connectivity index (χ0) is 17.3. The summed E-state index contributed by atoms with van der Waals surface area (Å²) in [4.78, 5) is 3.95. The predicted molar refractivity (Wildman–Crippen MR) is 91.5 cm³/mol. The minimum Gasteiger partial charge on any atom is -0.436 e. The van der Waals surface area contributed by atoms with Crippen LogP contribution in [0.5, 0.6) is 0 Å². The molecule has 0 saturated carbocycles. The van der Waals surface area contributed by atoms with Gasteiger partial charge in [0.15, 0.2) is 23.0 Å². The summed E-state index contributed by atoms with van der Waals surface area (Å²) in [5, 5.41) is 0.359. The summed E-state index contributed by atoms with van der Waals surface area (Å²) >= 11 is 9.13. The molecule has 0 radical (unpaired) electrons. The van der Waals surface area contributed by atoms with E-state index < -0.39 is 17.5 Å². The van der Waals surface area contributed by atoms with Crippen molar-refractivity contribution >= 4 is 50.3 Å². The van der Waals surface area contributed by atoms with Crippen molar-refractivity contribution in [1.82, 2.24) is 4.98 Å². The molecule has 2 nitrogen and oxygen atoms in total. The molecule has 1 heterocycles. The first-order valence-corrected chi connectivity index (χ1v) is 8.55. The molecular formula is C17H10BrClF3NO. The van der Waals surface area contributed by atoms with E-state index in [1.165, 1.54) is 0 Å². The van der Waals surface area contributed by atoms with Crippen LogP contribution in [0, 0.1) is 17.5 Å². The average molecular weight is 417 g/mol. The summed E-state index contributed by atoms with van der Waals surface area (Å²) in [5.41, 5.74) is 1.89. The number of alkyl halides is 2. The Hall–Kier alpha value is -1.79. The minimum atomic E-state index is -1.57. The predicted octanol–water partition coefficient (Wildman–Crippen LogP) is 5.92. The molecule has 24 heavy (non-hydrogen) atoms. The Kier molecular flexibility index (Phi) is 4.96. The van der Waals surface area contributed by atoms with E-state index in [-0.39, 0.29) is 17.0 Å². The monoisotopic (exact) mass is 415 g/mol. The summed E-state index contributed by atoms with van der Waals surface area (Å²) in [6.07, 6.45) is 1.78. The molecule has 0 N–H and O–H groups in total. The lowest BCUT2D eigenvalue weighted by Gasteiger charge is -2.01. The topological polar surface area (TPSA) is 26.0 Å². The van der Waals surface area contributed by atoms with Crippen molar-refractivity contribution in [2.75, 3.05) is 5.33 Å². The molecule has 7 heteroatoms. The molecule has 0 aliphatic heterocycles. The molecule has 0 bridgehead atoms. The normalized spacial score (nSPS) is 12.1. The van der Waals surface area contributed by atoms with Crippen molar-refractivity contribution in [3.8, 4) is 0 Å². The first-order chi connectivity index (χ1) is 11.5. The van der Waals surface area contributed by atoms with Gasteiger partial charge in [0.05, 0.1) is 0 Å². The number of hydrogen-bond acceptors (Lipinski definition) is 2. The molecule has 0 spiro atoms. The van der Waals surface area contributed by atoms with Crippen LogP contribution >= 0.6 is 27.5 Å². The van der Waals surface area contributed by atoms with Gasteiger partial charge in [-0.2, -0.15) is 0 Å². The number of fused-ring (bicyclic) bond motifs is 1. The first-order valence-electron chi connectivity index (χ1n) is 6.89. The Morgan fingerprint density at radius 3 is 2.71 bits per heavy atom. The second-order valence-corrected chi connectivity index (χ2v) is 5.86. The van der Waals surface area contributed by atoms with E-state index >= 15 is 0 Å². The Morgan fingerprint density at radius 1 is 1.21 bits per heavy atom. The maximum Gasteiger partial charge on any atom is 0.224 e. The molecule has 124 valence electrons. The largest absolute Gasteiger partial charge is 0.436 e. The van der Waals surface area contributed by atoms with Gasteiger partial charge in [0.25, 0.3) is 0 Å². The smallest absolute Gasteiger partial charge is 0.224 e. The van der Waals surface area contributed by atoms with Crippen LogP contribution in [-0.4, -0.2) is 10.3 Å². The Bertz CT molecular complexity index is 939. The highest BCUT2D eigenvalue weighted by atomic mass is 79.9. The summed E-state index contributed by atoms with van der Waals surface area (Å²) in [5.74, 6) is -3.79. The van der Waals surface area contributed by atoms with Crippen molar-refractivity contribution in [1.29, 1.82) is 0 Å². The van der Waals surface area contributed by atoms with Crippen LogP contribution in [0.2, 0.25) is 0 Å². The summed E-state index contributed by atoms with van der Waals surface area (Å²) < 4.78 is 45.8. The third kappa shape index (κ3) is 3.21. The van der Waals surface area contributed by atoms with E-state index in [1.807, 2.05) is 24.3 Å². The third-order valence-electron chi connectivity index (χ3n) is 3.39. The fraction of sp³-hybridized carbons (Fsp3) is 0.118. The lowest BCUT2D eigenvalue weighted by molar-refractivity contribution is 0.451. The van der Waals surface area contributed by atoms with Gasteiger partial charge in [-0.1, -0.05) is 40.2 Å². The van der Waals surface area contributed by atoms with E-state index in [2.05, 4.69) is 20.9 Å². The van der Waals surface area contributed by atoms with E-state index in [1.54, 1.807) is 6.08 Å². The van der Waals surface area contributed by atoms with Gasteiger partial charge in [-0.05, 0) is 17.2 Å². The number of benzene rings is 2. The first kappa shape index (κ1) is 17.0. The fourth-order valence-electron chi connectivity index (χ4n) is 2.24. The van der Waals surface area contributed by atoms with Crippen LogP contribution in [0.4, 0.5) is 13.2 Å². The molecule has 0 aliphatic carbocycles. The van der Waals surface area contributed by atoms with Gasteiger partial charge in [0, 0.05) is 22.8 Å². The molecule has 0 unspecified atom stereocenters. The number of rotatable bonds is 4. The molecule has 0 aliphatic rings. The Balaban J connectivity index is 2.09. The van der Waals surface area contributed by atoms with Gasteiger partial charge in [0.2, 0.25) is 5.89 Å². The van der Waals surface area contributed by atoms with E-state index in [9.17, 15) is 13.2 Å². The lowest BCUT2D eigenvalue weighted by Crippen LogP contribution is -1.91. The molecule has 1 aromatic heterocycles. The van der Waals surface area contributed by atoms with Crippen LogP contribution in [0.3, 0.4) is 0 Å². The minimum absolute atomic E-state index is 0.0852. The van der Waals surface area contributed by atoms with E-state index in [0.29, 0.717) is 16.8 Å². The number of halogens is 5. The molecule has 0 amide bonds. The molecule has 2 aromatic carbocycles. The number of hydrogen-bond donors (Lipinski definition) is 0. The highest BCUT2D eigenvalue weighted by Gasteiger charge is 2.20. The van der Waals surface area contributed by atoms with Crippen molar-refractivity contribution in [2.45, 2.75) is 5.88 Å². The molecule has 3 aromatic rings. The average Bonchev–Trinajstić information content (AvgIpc) is 3.01. The molecular weight excluding hydrogens is 407 g/mol. The molecule has 0 fully saturated rings. The lowest BCUT2D eigenvalue weighted by atomic mass is 10.1. The quantitative estimate of drug-likeness (QED) is 0.390. The standard InChI is InChI=1S/C17H10BrClF3NO/c18-7-11(5-9-2-1-3-10(4-9)8-19)17-23-16-13(24-17)6-12(20)14(21)15(16)22/h1-6H,7-8H2/b11-5-. The van der Waals surface area contributed by atoms with Gasteiger partial charge in [-0.25, -0.2) is 18.2 Å². The number of aromatic nitrogens is 1. The van der Waals surface area contributed by atoms with Crippen LogP contribution in [-0.2, 0) is 5.88 Å². The highest BCUT2D eigenvalue weighted by molar-refractivity contribution is 9.09. The van der Waals surface area contributed by atoms with Crippen molar-refractivity contribution in [2.24, 2.45) is 0 Å². The fourth-order valence-corrected chi connectivity index (χ4v) is 2.80. The summed E-state index contributed by atoms with van der Waals surface area (Å²) in [6, 6.07) is 8.27. The highest BCUT2D eigenvalue weighted by Crippen LogP contribution is 2.28. The van der Waals surface area contributed by atoms with E-state index in [4.69, 9.17) is 16.0 Å². The van der Waals surface area contributed by atoms with Crippen LogP contribution in [0.25, 0.3) is 22.7 Å². The molecule has 3 rings (SSSR count). The van der Waals surface area contributed by atoms with Gasteiger partial charge in [-0.15, -0.1) is 11.6 Å². The zero-order valence-corrected chi connectivity index (χ0v) is 14.5. The van der Waals surface area contributed by atoms with E-state index in [0.717, 1.165) is 17.2 Å². The van der Waals surface area contributed by atoms with Crippen LogP contribution in [0.15, 0.2) is 34.7 Å². The summed E-state index contributed by atoms with van der Waals surface area (Å²) in [7, 11) is 0. The van der Waals surface area contributed by atoms with Gasteiger partial charge >= 0.3 is 0 Å². The molecule has 0 saturated heterocycles. The van der Waals surface area contributed by atoms with Crippen molar-refractivity contribution < 1.29 is 17.6 Å². The third-order valence-corrected chi connectivity index (χ3v) is 4.30. The second kappa shape index (κ2) is 6.99. The van der Waals surface area contributed by atoms with Gasteiger partial charge < -0.3 is 4.42 Å². The maximum absolute atomic E-state index is 13.8. The van der Waals surface area contributed by atoms with Crippen LogP contribution < -0.4 is 0 Å². The SMILES string of the molecule is Fc1cc2oc(/C(=C\c3cccc(CCl)c3)CBr)nc2c(F)c1F. The number of allylic oxidation sites excluding steroid dienone is 1. The van der Waals surface area contributed by atoms with Crippen molar-refractivity contribution in [3.05, 3.63) is 64.8 Å². The number of nitrogens with zero attached hydrogens (tertiary/aromatic N) is 1. The van der Waals surface area contributed by atoms with Gasteiger partial charge in [0.1, 0.15) is 5.52 Å². The van der Waals surface area contributed by atoms with Crippen molar-refractivity contribution in [3.63, 3.8) is 0 Å². The van der Waals surface area contributed by atoms with Crippen LogP contribution in [0.1, 0.15) is 17.0 Å². The maximum atomic E-state index is 13.8. The zero-order valence-electron chi connectivity index (χ0n) is 12.1. The molecule has 0 atom stereocenters. The summed E-state index contributed by atoms with van der Waals surface area (Å²) in [6.45, 7) is 0. The number of oxazole rings is 1. The van der Waals surface area contributed by atoms with Gasteiger partial charge in [-0.3, -0.25) is 0 Å². The second-order valence-electron chi connectivity index (χ2n) is 5.03. The Labute approximate surface area is 149 Å².